The fourth-order valence-electron chi connectivity index (χ4n) is 1.54. The fraction of sp³-hybridized carbons (Fsp3) is 0.200. The van der Waals surface area contributed by atoms with Crippen LogP contribution in [-0.4, -0.2) is 22.6 Å². The molecule has 2 aromatic rings. The minimum absolute atomic E-state index is 0.210. The second-order valence-corrected chi connectivity index (χ2v) is 3.98. The van der Waals surface area contributed by atoms with Gasteiger partial charge in [0.05, 0.1) is 6.54 Å². The molecule has 0 atom stereocenters. The predicted octanol–water partition coefficient (Wildman–Crippen LogP) is 1.75. The highest BCUT2D eigenvalue weighted by atomic mass is 16.1. The lowest BCUT2D eigenvalue weighted by Crippen LogP contribution is -2.23. The van der Waals surface area contributed by atoms with E-state index in [9.17, 15) is 4.79 Å². The van der Waals surface area contributed by atoms with Crippen LogP contribution in [0.2, 0.25) is 0 Å². The van der Waals surface area contributed by atoms with E-state index in [1.165, 1.54) is 0 Å². The summed E-state index contributed by atoms with van der Waals surface area (Å²) in [4.78, 5) is 11.7. The normalized spacial score (nSPS) is 9.53. The third-order valence-electron chi connectivity index (χ3n) is 2.59. The number of benzene rings is 1. The molecule has 0 spiro atoms. The summed E-state index contributed by atoms with van der Waals surface area (Å²) in [5.74, 6) is 5.67. The second-order valence-electron chi connectivity index (χ2n) is 3.98. The molecule has 0 saturated heterocycles. The average Bonchev–Trinajstić information content (AvgIpc) is 2.93. The number of nitrogens with one attached hydrogen (secondary N) is 2. The highest BCUT2D eigenvalue weighted by Crippen LogP contribution is 1.99. The first-order chi connectivity index (χ1) is 9.29. The molecule has 1 aromatic heterocycles. The van der Waals surface area contributed by atoms with E-state index in [2.05, 4.69) is 27.4 Å². The maximum absolute atomic E-state index is 11.7. The van der Waals surface area contributed by atoms with Gasteiger partial charge in [0, 0.05) is 11.3 Å². The van der Waals surface area contributed by atoms with Crippen LogP contribution in [0.5, 0.6) is 0 Å². The number of H-pyrrole nitrogens is 1. The Labute approximate surface area is 112 Å². The van der Waals surface area contributed by atoms with Gasteiger partial charge in [0.1, 0.15) is 5.69 Å². The van der Waals surface area contributed by atoms with E-state index in [-0.39, 0.29) is 5.91 Å². The topological polar surface area (TPSA) is 57.8 Å². The second kappa shape index (κ2) is 6.41. The maximum Gasteiger partial charge on any atom is 0.272 e. The van der Waals surface area contributed by atoms with Gasteiger partial charge in [-0.25, -0.2) is 0 Å². The van der Waals surface area contributed by atoms with Gasteiger partial charge in [-0.3, -0.25) is 9.89 Å². The molecule has 0 unspecified atom stereocenters. The van der Waals surface area contributed by atoms with Crippen molar-refractivity contribution >= 4 is 5.91 Å². The molecule has 2 N–H and O–H groups in total. The van der Waals surface area contributed by atoms with Crippen LogP contribution >= 0.6 is 0 Å². The Hall–Kier alpha value is -2.54. The molecule has 2 rings (SSSR count). The summed E-state index contributed by atoms with van der Waals surface area (Å²) in [5.41, 5.74) is 2.28. The molecule has 0 aliphatic heterocycles. The molecule has 0 bridgehead atoms. The fourth-order valence-corrected chi connectivity index (χ4v) is 1.54. The van der Waals surface area contributed by atoms with Gasteiger partial charge in [-0.2, -0.15) is 5.10 Å². The van der Waals surface area contributed by atoms with Crippen molar-refractivity contribution in [3.8, 4) is 11.8 Å². The summed E-state index contributed by atoms with van der Waals surface area (Å²) in [7, 11) is 0. The standard InChI is InChI=1S/C15H15N3O/c1-2-13-11-14(18-17-13)15(19)16-10-6-9-12-7-4-3-5-8-12/h3-5,7-8,11H,2,10H2,1H3,(H,16,19)(H,17,18). The van der Waals surface area contributed by atoms with Crippen molar-refractivity contribution in [2.45, 2.75) is 13.3 Å². The van der Waals surface area contributed by atoms with Crippen LogP contribution < -0.4 is 5.32 Å². The highest BCUT2D eigenvalue weighted by molar-refractivity contribution is 5.92. The lowest BCUT2D eigenvalue weighted by molar-refractivity contribution is 0.0953. The molecule has 1 heterocycles. The van der Waals surface area contributed by atoms with E-state index < -0.39 is 0 Å². The summed E-state index contributed by atoms with van der Waals surface area (Å²) in [5, 5.41) is 9.46. The zero-order valence-electron chi connectivity index (χ0n) is 10.7. The van der Waals surface area contributed by atoms with Gasteiger partial charge in [0.2, 0.25) is 0 Å². The van der Waals surface area contributed by atoms with Crippen molar-refractivity contribution in [2.24, 2.45) is 0 Å². The van der Waals surface area contributed by atoms with Crippen LogP contribution in [0.25, 0.3) is 0 Å². The highest BCUT2D eigenvalue weighted by Gasteiger charge is 2.07. The number of carbonyl (C=O) groups is 1. The molecule has 19 heavy (non-hydrogen) atoms. The first kappa shape index (κ1) is 12.9. The zero-order chi connectivity index (χ0) is 13.5. The Morgan fingerprint density at radius 3 is 2.84 bits per heavy atom. The molecule has 4 heteroatoms. The molecular formula is C15H15N3O. The number of hydrogen-bond donors (Lipinski definition) is 2. The Bertz CT molecular complexity index is 605. The lowest BCUT2D eigenvalue weighted by atomic mass is 10.2. The van der Waals surface area contributed by atoms with Crippen molar-refractivity contribution in [3.63, 3.8) is 0 Å². The van der Waals surface area contributed by atoms with Gasteiger partial charge in [-0.1, -0.05) is 37.0 Å². The monoisotopic (exact) mass is 253 g/mol. The van der Waals surface area contributed by atoms with Crippen molar-refractivity contribution in [1.82, 2.24) is 15.5 Å². The summed E-state index contributed by atoms with van der Waals surface area (Å²) in [6.07, 6.45) is 0.827. The third-order valence-corrected chi connectivity index (χ3v) is 2.59. The number of nitrogens with zero attached hydrogens (tertiary/aromatic N) is 1. The van der Waals surface area contributed by atoms with E-state index in [0.717, 1.165) is 17.7 Å². The summed E-state index contributed by atoms with van der Waals surface area (Å²) >= 11 is 0. The molecule has 1 aromatic carbocycles. The minimum Gasteiger partial charge on any atom is -0.340 e. The summed E-state index contributed by atoms with van der Waals surface area (Å²) < 4.78 is 0. The first-order valence-electron chi connectivity index (χ1n) is 6.16. The van der Waals surface area contributed by atoms with E-state index in [1.807, 2.05) is 37.3 Å². The van der Waals surface area contributed by atoms with Gasteiger partial charge in [0.25, 0.3) is 5.91 Å². The van der Waals surface area contributed by atoms with Gasteiger partial charge >= 0.3 is 0 Å². The van der Waals surface area contributed by atoms with Crippen LogP contribution in [0.1, 0.15) is 28.7 Å². The SMILES string of the molecule is CCc1cc(C(=O)NCC#Cc2ccccc2)n[nH]1. The molecule has 1 amide bonds. The molecule has 0 radical (unpaired) electrons. The number of amides is 1. The van der Waals surface area contributed by atoms with Crippen LogP contribution in [0.15, 0.2) is 36.4 Å². The Kier molecular flexibility index (Phi) is 4.35. The van der Waals surface area contributed by atoms with Crippen LogP contribution in [0.4, 0.5) is 0 Å². The maximum atomic E-state index is 11.7. The zero-order valence-corrected chi connectivity index (χ0v) is 10.7. The lowest BCUT2D eigenvalue weighted by Gasteiger charge is -1.95. The van der Waals surface area contributed by atoms with Crippen molar-refractivity contribution in [2.75, 3.05) is 6.54 Å². The first-order valence-corrected chi connectivity index (χ1v) is 6.16. The number of rotatable bonds is 3. The van der Waals surface area contributed by atoms with Crippen LogP contribution in [-0.2, 0) is 6.42 Å². The van der Waals surface area contributed by atoms with E-state index >= 15 is 0 Å². The van der Waals surface area contributed by atoms with E-state index in [0.29, 0.717) is 12.2 Å². The van der Waals surface area contributed by atoms with Gasteiger partial charge in [-0.05, 0) is 24.6 Å². The van der Waals surface area contributed by atoms with E-state index in [4.69, 9.17) is 0 Å². The molecule has 0 saturated carbocycles. The molecule has 0 aliphatic carbocycles. The van der Waals surface area contributed by atoms with Crippen molar-refractivity contribution < 1.29 is 4.79 Å². The molecule has 0 fully saturated rings. The van der Waals surface area contributed by atoms with Crippen molar-refractivity contribution in [1.29, 1.82) is 0 Å². The van der Waals surface area contributed by atoms with Crippen LogP contribution in [0.3, 0.4) is 0 Å². The van der Waals surface area contributed by atoms with Gasteiger partial charge < -0.3 is 5.32 Å². The van der Waals surface area contributed by atoms with Gasteiger partial charge in [-0.15, -0.1) is 0 Å². The molecule has 4 nitrogen and oxygen atoms in total. The molecular weight excluding hydrogens is 238 g/mol. The average molecular weight is 253 g/mol. The Balaban J connectivity index is 1.86. The quantitative estimate of drug-likeness (QED) is 0.819. The summed E-state index contributed by atoms with van der Waals surface area (Å²) in [6, 6.07) is 11.4. The summed E-state index contributed by atoms with van der Waals surface area (Å²) in [6.45, 7) is 2.31. The predicted molar refractivity (Wildman–Crippen MR) is 73.6 cm³/mol. The Morgan fingerprint density at radius 2 is 2.16 bits per heavy atom. The Morgan fingerprint density at radius 1 is 1.37 bits per heavy atom. The molecule has 0 aliphatic rings. The minimum atomic E-state index is -0.210. The van der Waals surface area contributed by atoms with Gasteiger partial charge in [0.15, 0.2) is 0 Å². The van der Waals surface area contributed by atoms with Crippen LogP contribution in [0, 0.1) is 11.8 Å². The number of aryl methyl sites for hydroxylation is 1. The van der Waals surface area contributed by atoms with E-state index in [1.54, 1.807) is 6.07 Å². The number of carbonyl (C=O) groups excluding carboxylic acids is 1. The number of aromatic amines is 1. The number of aromatic nitrogens is 2. The molecule has 96 valence electrons. The number of hydrogen-bond acceptors (Lipinski definition) is 2. The smallest absolute Gasteiger partial charge is 0.272 e. The largest absolute Gasteiger partial charge is 0.340 e. The third kappa shape index (κ3) is 3.71. The van der Waals surface area contributed by atoms with Crippen molar-refractivity contribution in [3.05, 3.63) is 53.3 Å².